The number of rotatable bonds is 4. The number of nitrogens with zero attached hydrogens (tertiary/aromatic N) is 2. The molecule has 110 valence electrons. The number of aryl methyl sites for hydroxylation is 2. The molecule has 0 radical (unpaired) electrons. The van der Waals surface area contributed by atoms with Crippen LogP contribution in [0.3, 0.4) is 0 Å². The third-order valence-electron chi connectivity index (χ3n) is 3.39. The molecule has 0 spiro atoms. The number of halogens is 1. The predicted octanol–water partition coefficient (Wildman–Crippen LogP) is 4.53. The van der Waals surface area contributed by atoms with Gasteiger partial charge in [-0.15, -0.1) is 0 Å². The molecule has 2 rings (SSSR count). The quantitative estimate of drug-likeness (QED) is 0.454. The van der Waals surface area contributed by atoms with Crippen molar-refractivity contribution in [2.24, 2.45) is 0 Å². The lowest BCUT2D eigenvalue weighted by Gasteiger charge is -2.11. The molecule has 0 N–H and O–H groups in total. The Morgan fingerprint density at radius 1 is 1.10 bits per heavy atom. The lowest BCUT2D eigenvalue weighted by atomic mass is 10.1. The van der Waals surface area contributed by atoms with Gasteiger partial charge < -0.3 is 0 Å². The van der Waals surface area contributed by atoms with Crippen LogP contribution in [0.25, 0.3) is 0 Å². The summed E-state index contributed by atoms with van der Waals surface area (Å²) in [6, 6.07) is 7.41. The fraction of sp³-hybridized carbons (Fsp3) is 0.312. The van der Waals surface area contributed by atoms with Gasteiger partial charge in [0, 0.05) is 21.4 Å². The van der Waals surface area contributed by atoms with E-state index in [0.29, 0.717) is 10.7 Å². The van der Waals surface area contributed by atoms with E-state index < -0.39 is 0 Å². The van der Waals surface area contributed by atoms with E-state index in [1.54, 1.807) is 0 Å². The molecule has 2 aromatic rings. The highest BCUT2D eigenvalue weighted by Crippen LogP contribution is 2.24. The van der Waals surface area contributed by atoms with Crippen molar-refractivity contribution in [3.05, 3.63) is 51.3 Å². The number of Topliss-reactive ketones (excluding diaryl/α,β-unsaturated/α-hetero) is 1. The Morgan fingerprint density at radius 3 is 2.14 bits per heavy atom. The van der Waals surface area contributed by atoms with E-state index in [1.807, 2.05) is 52.0 Å². The zero-order valence-corrected chi connectivity index (χ0v) is 14.9. The highest BCUT2D eigenvalue weighted by molar-refractivity contribution is 9.10. The zero-order chi connectivity index (χ0) is 15.6. The summed E-state index contributed by atoms with van der Waals surface area (Å²) in [6.07, 6.45) is 0. The van der Waals surface area contributed by atoms with Gasteiger partial charge in [0.15, 0.2) is 10.9 Å². The minimum Gasteiger partial charge on any atom is -0.293 e. The van der Waals surface area contributed by atoms with Crippen molar-refractivity contribution in [3.8, 4) is 0 Å². The molecule has 1 aromatic carbocycles. The summed E-state index contributed by atoms with van der Waals surface area (Å²) in [4.78, 5) is 21.3. The molecule has 0 bridgehead atoms. The van der Waals surface area contributed by atoms with Crippen LogP contribution in [0, 0.1) is 20.8 Å². The maximum absolute atomic E-state index is 12.4. The molecular weight excluding hydrogens is 348 g/mol. The first kappa shape index (κ1) is 16.2. The predicted molar refractivity (Wildman–Crippen MR) is 90.0 cm³/mol. The van der Waals surface area contributed by atoms with Gasteiger partial charge in [0.1, 0.15) is 0 Å². The molecule has 21 heavy (non-hydrogen) atoms. The summed E-state index contributed by atoms with van der Waals surface area (Å²) in [5.41, 5.74) is 3.74. The van der Waals surface area contributed by atoms with Gasteiger partial charge in [-0.3, -0.25) is 4.79 Å². The average molecular weight is 365 g/mol. The lowest BCUT2D eigenvalue weighted by molar-refractivity contribution is 0.0994. The Kier molecular flexibility index (Phi) is 5.17. The van der Waals surface area contributed by atoms with Gasteiger partial charge >= 0.3 is 0 Å². The van der Waals surface area contributed by atoms with Crippen molar-refractivity contribution in [2.75, 3.05) is 0 Å². The van der Waals surface area contributed by atoms with E-state index in [4.69, 9.17) is 0 Å². The van der Waals surface area contributed by atoms with Crippen LogP contribution in [0.1, 0.15) is 34.2 Å². The maximum Gasteiger partial charge on any atom is 0.188 e. The first-order chi connectivity index (χ1) is 9.88. The molecule has 0 aliphatic rings. The summed E-state index contributed by atoms with van der Waals surface area (Å²) < 4.78 is 0.965. The van der Waals surface area contributed by atoms with Crippen molar-refractivity contribution in [3.63, 3.8) is 0 Å². The Balaban J connectivity index is 2.16. The van der Waals surface area contributed by atoms with Gasteiger partial charge in [-0.1, -0.05) is 39.8 Å². The molecule has 1 atom stereocenters. The topological polar surface area (TPSA) is 42.9 Å². The molecule has 3 nitrogen and oxygen atoms in total. The molecule has 0 unspecified atom stereocenters. The molecule has 1 aromatic heterocycles. The van der Waals surface area contributed by atoms with Crippen molar-refractivity contribution in [2.45, 2.75) is 38.1 Å². The number of ketones is 1. The Morgan fingerprint density at radius 2 is 1.62 bits per heavy atom. The van der Waals surface area contributed by atoms with Crippen molar-refractivity contribution >= 4 is 33.5 Å². The van der Waals surface area contributed by atoms with Gasteiger partial charge in [0.05, 0.1) is 5.25 Å². The first-order valence-electron chi connectivity index (χ1n) is 6.66. The highest BCUT2D eigenvalue weighted by Gasteiger charge is 2.18. The Labute approximate surface area is 137 Å². The monoisotopic (exact) mass is 364 g/mol. The highest BCUT2D eigenvalue weighted by atomic mass is 79.9. The molecule has 0 saturated heterocycles. The molecule has 0 saturated carbocycles. The lowest BCUT2D eigenvalue weighted by Crippen LogP contribution is -2.14. The SMILES string of the molecule is Cc1nc(S[C@@H](C)C(=O)c2ccc(Br)cc2)nc(C)c1C. The fourth-order valence-corrected chi connectivity index (χ4v) is 3.06. The van der Waals surface area contributed by atoms with Gasteiger partial charge in [0.2, 0.25) is 0 Å². The van der Waals surface area contributed by atoms with E-state index >= 15 is 0 Å². The first-order valence-corrected chi connectivity index (χ1v) is 8.34. The van der Waals surface area contributed by atoms with Gasteiger partial charge in [-0.2, -0.15) is 0 Å². The number of thioether (sulfide) groups is 1. The number of hydrogen-bond acceptors (Lipinski definition) is 4. The standard InChI is InChI=1S/C16H17BrN2OS/c1-9-10(2)18-16(19-11(9)3)21-12(4)15(20)13-5-7-14(17)8-6-13/h5-8,12H,1-4H3/t12-/m0/s1. The van der Waals surface area contributed by atoms with Crippen LogP contribution in [0.4, 0.5) is 0 Å². The van der Waals surface area contributed by atoms with Crippen LogP contribution < -0.4 is 0 Å². The van der Waals surface area contributed by atoms with E-state index in [1.165, 1.54) is 11.8 Å². The van der Waals surface area contributed by atoms with Crippen LogP contribution in [-0.4, -0.2) is 21.0 Å². The smallest absolute Gasteiger partial charge is 0.188 e. The number of aromatic nitrogens is 2. The van der Waals surface area contributed by atoms with Crippen LogP contribution in [0.2, 0.25) is 0 Å². The average Bonchev–Trinajstić information content (AvgIpc) is 2.44. The largest absolute Gasteiger partial charge is 0.293 e. The molecule has 0 aliphatic carbocycles. The van der Waals surface area contributed by atoms with Crippen LogP contribution in [0.15, 0.2) is 33.9 Å². The number of carbonyl (C=O) groups is 1. The Hall–Kier alpha value is -1.20. The van der Waals surface area contributed by atoms with Crippen molar-refractivity contribution in [1.29, 1.82) is 0 Å². The van der Waals surface area contributed by atoms with Crippen LogP contribution in [-0.2, 0) is 0 Å². The number of carbonyl (C=O) groups excluding carboxylic acids is 1. The summed E-state index contributed by atoms with van der Waals surface area (Å²) in [7, 11) is 0. The van der Waals surface area contributed by atoms with Crippen molar-refractivity contribution < 1.29 is 4.79 Å². The minimum absolute atomic E-state index is 0.0898. The molecule has 0 fully saturated rings. The van der Waals surface area contributed by atoms with E-state index in [-0.39, 0.29) is 11.0 Å². The normalized spacial score (nSPS) is 12.2. The van der Waals surface area contributed by atoms with Crippen LogP contribution >= 0.6 is 27.7 Å². The Bertz CT molecular complexity index is 647. The molecule has 0 amide bonds. The van der Waals surface area contributed by atoms with Crippen LogP contribution in [0.5, 0.6) is 0 Å². The molecule has 1 heterocycles. The molecular formula is C16H17BrN2OS. The third-order valence-corrected chi connectivity index (χ3v) is 4.88. The number of hydrogen-bond donors (Lipinski definition) is 0. The maximum atomic E-state index is 12.4. The summed E-state index contributed by atoms with van der Waals surface area (Å²) in [5.74, 6) is 0.0898. The van der Waals surface area contributed by atoms with Gasteiger partial charge in [0.25, 0.3) is 0 Å². The van der Waals surface area contributed by atoms with Gasteiger partial charge in [-0.25, -0.2) is 9.97 Å². The second kappa shape index (κ2) is 6.71. The number of benzene rings is 1. The summed E-state index contributed by atoms with van der Waals surface area (Å²) >= 11 is 4.78. The zero-order valence-electron chi connectivity index (χ0n) is 12.5. The minimum atomic E-state index is -0.215. The van der Waals surface area contributed by atoms with E-state index in [2.05, 4.69) is 25.9 Å². The molecule has 0 aliphatic heterocycles. The molecule has 5 heteroatoms. The van der Waals surface area contributed by atoms with Crippen molar-refractivity contribution in [1.82, 2.24) is 9.97 Å². The van der Waals surface area contributed by atoms with E-state index in [0.717, 1.165) is 21.4 Å². The second-order valence-corrected chi connectivity index (χ2v) is 7.16. The fourth-order valence-electron chi connectivity index (χ4n) is 1.85. The van der Waals surface area contributed by atoms with E-state index in [9.17, 15) is 4.79 Å². The van der Waals surface area contributed by atoms with Gasteiger partial charge in [-0.05, 0) is 45.4 Å². The third kappa shape index (κ3) is 3.92. The summed E-state index contributed by atoms with van der Waals surface area (Å²) in [6.45, 7) is 7.84. The summed E-state index contributed by atoms with van der Waals surface area (Å²) in [5, 5.41) is 0.446. The second-order valence-electron chi connectivity index (χ2n) is 4.93.